The molecule has 103 valence electrons. The van der Waals surface area contributed by atoms with E-state index in [1.807, 2.05) is 12.3 Å². The van der Waals surface area contributed by atoms with Gasteiger partial charge in [0.2, 0.25) is 0 Å². The molecule has 2 unspecified atom stereocenters. The number of aromatic nitrogens is 2. The summed E-state index contributed by atoms with van der Waals surface area (Å²) in [6.07, 6.45) is 6.32. The summed E-state index contributed by atoms with van der Waals surface area (Å²) in [5.74, 6) is 1.08. The first kappa shape index (κ1) is 17.5. The first-order chi connectivity index (χ1) is 9.22. The van der Waals surface area contributed by atoms with Gasteiger partial charge in [0.05, 0.1) is 0 Å². The monoisotopic (exact) mass is 344 g/mol. The standard InChI is InChI=1S/C17H23N2.Y/c1-4-15(17-10-6-8-12-19(17)3)13-14(2)16-9-5-7-11-18-16;/h5-12,14-15H,4,13H2,1-3H3;/q+1;. The molecule has 0 aliphatic carbocycles. The van der Waals surface area contributed by atoms with Crippen molar-refractivity contribution in [3.8, 4) is 0 Å². The third kappa shape index (κ3) is 4.46. The zero-order chi connectivity index (χ0) is 13.7. The van der Waals surface area contributed by atoms with Crippen molar-refractivity contribution in [1.82, 2.24) is 4.98 Å². The summed E-state index contributed by atoms with van der Waals surface area (Å²) in [5.41, 5.74) is 2.60. The summed E-state index contributed by atoms with van der Waals surface area (Å²) in [6, 6.07) is 12.6. The van der Waals surface area contributed by atoms with Gasteiger partial charge < -0.3 is 0 Å². The Morgan fingerprint density at radius 3 is 2.50 bits per heavy atom. The van der Waals surface area contributed by atoms with Gasteiger partial charge in [0.15, 0.2) is 11.9 Å². The number of pyridine rings is 2. The molecule has 2 heterocycles. The fourth-order valence-corrected chi connectivity index (χ4v) is 2.67. The molecule has 0 fully saturated rings. The average Bonchev–Trinajstić information content (AvgIpc) is 2.46. The van der Waals surface area contributed by atoms with Crippen molar-refractivity contribution >= 4 is 0 Å². The van der Waals surface area contributed by atoms with Crippen LogP contribution in [0.2, 0.25) is 0 Å². The molecule has 0 amide bonds. The van der Waals surface area contributed by atoms with Crippen LogP contribution in [0.5, 0.6) is 0 Å². The molecule has 2 atom stereocenters. The van der Waals surface area contributed by atoms with Crippen molar-refractivity contribution < 1.29 is 37.3 Å². The number of aryl methyl sites for hydroxylation is 1. The van der Waals surface area contributed by atoms with E-state index in [1.54, 1.807) is 0 Å². The van der Waals surface area contributed by atoms with Gasteiger partial charge in [-0.05, 0) is 30.9 Å². The van der Waals surface area contributed by atoms with Crippen LogP contribution < -0.4 is 4.57 Å². The second-order valence-electron chi connectivity index (χ2n) is 5.23. The molecule has 0 aromatic carbocycles. The van der Waals surface area contributed by atoms with Gasteiger partial charge in [0, 0.05) is 62.7 Å². The van der Waals surface area contributed by atoms with E-state index in [2.05, 4.69) is 67.0 Å². The SMILES string of the molecule is CCC(CC(C)c1ccccn1)c1cccc[n+]1C.[Y]. The van der Waals surface area contributed by atoms with E-state index in [1.165, 1.54) is 11.4 Å². The molecule has 0 aliphatic heterocycles. The average molecular weight is 344 g/mol. The Balaban J connectivity index is 0.00000200. The largest absolute Gasteiger partial charge is 0.261 e. The van der Waals surface area contributed by atoms with E-state index in [-0.39, 0.29) is 32.7 Å². The molecule has 0 saturated heterocycles. The molecule has 0 aliphatic rings. The Kier molecular flexibility index (Phi) is 7.54. The van der Waals surface area contributed by atoms with Crippen LogP contribution in [-0.4, -0.2) is 4.98 Å². The van der Waals surface area contributed by atoms with Gasteiger partial charge in [-0.25, -0.2) is 4.57 Å². The molecule has 0 bridgehead atoms. The number of hydrogen-bond acceptors (Lipinski definition) is 1. The Labute approximate surface area is 147 Å². The second-order valence-corrected chi connectivity index (χ2v) is 5.23. The third-order valence-corrected chi connectivity index (χ3v) is 3.84. The van der Waals surface area contributed by atoms with Gasteiger partial charge in [-0.1, -0.05) is 26.0 Å². The van der Waals surface area contributed by atoms with Crippen molar-refractivity contribution in [3.05, 3.63) is 60.2 Å². The summed E-state index contributed by atoms with van der Waals surface area (Å²) in [6.45, 7) is 4.54. The van der Waals surface area contributed by atoms with Gasteiger partial charge in [-0.3, -0.25) is 4.98 Å². The van der Waals surface area contributed by atoms with E-state index in [4.69, 9.17) is 0 Å². The summed E-state index contributed by atoms with van der Waals surface area (Å²) in [4.78, 5) is 4.48. The molecule has 2 aromatic heterocycles. The van der Waals surface area contributed by atoms with Crippen LogP contribution in [0.3, 0.4) is 0 Å². The minimum absolute atomic E-state index is 0. The zero-order valence-electron chi connectivity index (χ0n) is 12.7. The Morgan fingerprint density at radius 2 is 1.90 bits per heavy atom. The van der Waals surface area contributed by atoms with Crippen molar-refractivity contribution in [3.63, 3.8) is 0 Å². The van der Waals surface area contributed by atoms with Crippen LogP contribution in [-0.2, 0) is 39.8 Å². The minimum Gasteiger partial charge on any atom is -0.261 e. The van der Waals surface area contributed by atoms with E-state index < -0.39 is 0 Å². The van der Waals surface area contributed by atoms with Gasteiger partial charge in [0.25, 0.3) is 0 Å². The Morgan fingerprint density at radius 1 is 1.15 bits per heavy atom. The van der Waals surface area contributed by atoms with Crippen LogP contribution in [0.15, 0.2) is 48.8 Å². The van der Waals surface area contributed by atoms with Gasteiger partial charge in [0.1, 0.15) is 7.05 Å². The van der Waals surface area contributed by atoms with Crippen LogP contribution in [0, 0.1) is 0 Å². The molecule has 0 saturated carbocycles. The summed E-state index contributed by atoms with van der Waals surface area (Å²) < 4.78 is 2.24. The predicted molar refractivity (Wildman–Crippen MR) is 77.9 cm³/mol. The molecular formula is C17H23N2Y+. The summed E-state index contributed by atoms with van der Waals surface area (Å²) in [5, 5.41) is 0. The fourth-order valence-electron chi connectivity index (χ4n) is 2.67. The topological polar surface area (TPSA) is 16.8 Å². The molecule has 2 aromatic rings. The first-order valence-electron chi connectivity index (χ1n) is 7.07. The molecule has 2 rings (SSSR count). The normalized spacial score (nSPS) is 13.3. The van der Waals surface area contributed by atoms with Crippen molar-refractivity contribution in [1.29, 1.82) is 0 Å². The van der Waals surface area contributed by atoms with E-state index in [9.17, 15) is 0 Å². The van der Waals surface area contributed by atoms with Crippen LogP contribution in [0.1, 0.15) is 49.9 Å². The molecule has 20 heavy (non-hydrogen) atoms. The van der Waals surface area contributed by atoms with Gasteiger partial charge in [-0.2, -0.15) is 0 Å². The van der Waals surface area contributed by atoms with Gasteiger partial charge >= 0.3 is 0 Å². The second kappa shape index (κ2) is 8.64. The van der Waals surface area contributed by atoms with Gasteiger partial charge in [-0.15, -0.1) is 0 Å². The van der Waals surface area contributed by atoms with Crippen molar-refractivity contribution in [2.24, 2.45) is 7.05 Å². The number of hydrogen-bond donors (Lipinski definition) is 0. The Hall–Kier alpha value is -0.596. The maximum Gasteiger partial charge on any atom is 0.184 e. The molecule has 1 radical (unpaired) electrons. The van der Waals surface area contributed by atoms with E-state index >= 15 is 0 Å². The number of rotatable bonds is 5. The minimum atomic E-state index is 0. The molecule has 2 nitrogen and oxygen atoms in total. The maximum absolute atomic E-state index is 4.48. The molecular weight excluding hydrogens is 321 g/mol. The summed E-state index contributed by atoms with van der Waals surface area (Å²) in [7, 11) is 2.13. The fraction of sp³-hybridized carbons (Fsp3) is 0.412. The van der Waals surface area contributed by atoms with Crippen molar-refractivity contribution in [2.45, 2.75) is 38.5 Å². The third-order valence-electron chi connectivity index (χ3n) is 3.84. The Bertz CT molecular complexity index is 513. The number of nitrogens with zero attached hydrogens (tertiary/aromatic N) is 2. The van der Waals surface area contributed by atoms with Crippen LogP contribution in [0.25, 0.3) is 0 Å². The first-order valence-corrected chi connectivity index (χ1v) is 7.07. The van der Waals surface area contributed by atoms with E-state index in [0.717, 1.165) is 12.8 Å². The van der Waals surface area contributed by atoms with Crippen LogP contribution >= 0.6 is 0 Å². The van der Waals surface area contributed by atoms with E-state index in [0.29, 0.717) is 11.8 Å². The summed E-state index contributed by atoms with van der Waals surface area (Å²) >= 11 is 0. The molecule has 3 heteroatoms. The predicted octanol–water partition coefficient (Wildman–Crippen LogP) is 3.59. The quantitative estimate of drug-likeness (QED) is 0.758. The maximum atomic E-state index is 4.48. The molecule has 0 spiro atoms. The smallest absolute Gasteiger partial charge is 0.184 e. The molecule has 0 N–H and O–H groups in total. The zero-order valence-corrected chi connectivity index (χ0v) is 15.5. The van der Waals surface area contributed by atoms with Crippen molar-refractivity contribution in [2.75, 3.05) is 0 Å². The van der Waals surface area contributed by atoms with Crippen LogP contribution in [0.4, 0.5) is 0 Å².